The van der Waals surface area contributed by atoms with Gasteiger partial charge in [-0.2, -0.15) is 28.5 Å². The number of hydrogen-bond donors (Lipinski definition) is 3. The molecule has 15 rings (SSSR count). The van der Waals surface area contributed by atoms with Crippen molar-refractivity contribution in [3.8, 4) is 0 Å². The predicted molar refractivity (Wildman–Crippen MR) is 408 cm³/mol. The Kier molecular flexibility index (Phi) is 22.5. The van der Waals surface area contributed by atoms with Gasteiger partial charge in [-0.15, -0.1) is 0 Å². The number of fused-ring (bicyclic) bond motifs is 3. The van der Waals surface area contributed by atoms with Crippen LogP contribution in [0.25, 0.3) is 38.3 Å². The van der Waals surface area contributed by atoms with Crippen LogP contribution in [0.1, 0.15) is 145 Å². The van der Waals surface area contributed by atoms with Gasteiger partial charge in [-0.1, -0.05) is 114 Å². The van der Waals surface area contributed by atoms with Gasteiger partial charge in [0.15, 0.2) is 0 Å². The van der Waals surface area contributed by atoms with Gasteiger partial charge in [0, 0.05) is 117 Å². The van der Waals surface area contributed by atoms with Crippen molar-refractivity contribution >= 4 is 125 Å². The molecule has 6 aliphatic rings. The number of alkyl halides is 3. The maximum atomic E-state index is 13.7. The van der Waals surface area contributed by atoms with Crippen LogP contribution < -0.4 is 26.2 Å². The molecule has 17 nitrogen and oxygen atoms in total. The van der Waals surface area contributed by atoms with Gasteiger partial charge in [0.05, 0.1) is 76.5 Å². The molecule has 1 saturated carbocycles. The normalized spacial score (nSPS) is 21.1. The lowest BCUT2D eigenvalue weighted by Gasteiger charge is -2.43. The van der Waals surface area contributed by atoms with Gasteiger partial charge in [0.25, 0.3) is 0 Å². The Morgan fingerprint density at radius 3 is 1.50 bits per heavy atom. The van der Waals surface area contributed by atoms with Gasteiger partial charge in [-0.05, 0) is 199 Å². The summed E-state index contributed by atoms with van der Waals surface area (Å²) >= 11 is 31.0. The predicted octanol–water partition coefficient (Wildman–Crippen LogP) is 16.1. The van der Waals surface area contributed by atoms with E-state index in [9.17, 15) is 27.6 Å². The fourth-order valence-electron chi connectivity index (χ4n) is 15.9. The Balaban J connectivity index is 0.000000138. The Morgan fingerprint density at radius 2 is 1.02 bits per heavy atom. The number of carbonyl (C=O) groups is 3. The van der Waals surface area contributed by atoms with Crippen LogP contribution >= 0.6 is 58.0 Å². The summed E-state index contributed by atoms with van der Waals surface area (Å²) in [4.78, 5) is 49.6. The lowest BCUT2D eigenvalue weighted by Crippen LogP contribution is -2.61. The van der Waals surface area contributed by atoms with Crippen LogP contribution in [-0.2, 0) is 20.6 Å². The SMILES string of the molecule is CC(c1ccc(Cl)cc1C(F)(F)F)n1ncc2ccc(C3=CCN(C(=O)C4CCCCN4)CC3)cc21.CC(c1ccc(Cl)cc1Cl)n1ncc2ccc(N3CCN(C(=O)C4(N)CCCC4)[C@H](C)C3)cc21.CC(c1ccc(Cl)cc1Cl)n1ncc2ccc(N3CCN(C(=O)C4CCCN4)[C@H](C)C3)cc21. The Morgan fingerprint density at radius 1 is 0.544 bits per heavy atom. The number of nitrogens with one attached hydrogen (secondary N) is 2. The van der Waals surface area contributed by atoms with Crippen molar-refractivity contribution in [2.45, 2.75) is 153 Å². The smallest absolute Gasteiger partial charge is 0.368 e. The monoisotopic (exact) mass is 1500 g/mol. The molecule has 103 heavy (non-hydrogen) atoms. The minimum absolute atomic E-state index is 0.00844. The zero-order chi connectivity index (χ0) is 72.6. The third-order valence-corrected chi connectivity index (χ3v) is 23.1. The average Bonchev–Trinajstić information content (AvgIpc) is 1.77. The summed E-state index contributed by atoms with van der Waals surface area (Å²) in [6, 6.07) is 33.3. The first-order chi connectivity index (χ1) is 49.4. The fraction of sp³-hybridized carbons (Fsp3) is 0.436. The number of aromatic nitrogens is 6. The molecule has 5 aliphatic heterocycles. The number of anilines is 2. The molecule has 4 N–H and O–H groups in total. The van der Waals surface area contributed by atoms with E-state index in [0.717, 1.165) is 182 Å². The molecule has 7 atom stereocenters. The summed E-state index contributed by atoms with van der Waals surface area (Å²) in [5, 5.41) is 26.0. The van der Waals surface area contributed by atoms with Crippen molar-refractivity contribution in [2.24, 2.45) is 5.73 Å². The molecule has 0 spiro atoms. The number of nitrogens with two attached hydrogens (primary N) is 1. The molecule has 5 unspecified atom stereocenters. The van der Waals surface area contributed by atoms with Crippen LogP contribution in [-0.4, -0.2) is 157 Å². The van der Waals surface area contributed by atoms with Crippen LogP contribution in [0.2, 0.25) is 25.1 Å². The summed E-state index contributed by atoms with van der Waals surface area (Å²) < 4.78 is 46.8. The molecule has 544 valence electrons. The molecular formula is C78H88Cl5F3N14O3. The lowest BCUT2D eigenvalue weighted by molar-refractivity contribution is -0.139. The Hall–Kier alpha value is -7.40. The van der Waals surface area contributed by atoms with Gasteiger partial charge in [0.1, 0.15) is 0 Å². The highest BCUT2D eigenvalue weighted by Crippen LogP contribution is 2.41. The van der Waals surface area contributed by atoms with E-state index < -0.39 is 23.3 Å². The largest absolute Gasteiger partial charge is 0.416 e. The van der Waals surface area contributed by atoms with Gasteiger partial charge < -0.3 is 40.9 Å². The van der Waals surface area contributed by atoms with E-state index in [1.807, 2.05) is 78.9 Å². The van der Waals surface area contributed by atoms with Gasteiger partial charge in [-0.25, -0.2) is 0 Å². The van der Waals surface area contributed by atoms with Crippen molar-refractivity contribution in [3.05, 3.63) is 187 Å². The number of amides is 3. The third kappa shape index (κ3) is 15.9. The number of nitrogens with zero attached hydrogens (tertiary/aromatic N) is 11. The van der Waals surface area contributed by atoms with Crippen LogP contribution in [0, 0.1) is 0 Å². The molecule has 1 aliphatic carbocycles. The second-order valence-electron chi connectivity index (χ2n) is 28.5. The van der Waals surface area contributed by atoms with Crippen LogP contribution in [0.3, 0.4) is 0 Å². The quantitative estimate of drug-likeness (QED) is 0.106. The second-order valence-corrected chi connectivity index (χ2v) is 30.6. The highest BCUT2D eigenvalue weighted by atomic mass is 35.5. The second kappa shape index (κ2) is 31.3. The summed E-state index contributed by atoms with van der Waals surface area (Å²) in [6.45, 7) is 17.8. The minimum atomic E-state index is -4.52. The lowest BCUT2D eigenvalue weighted by atomic mass is 9.95. The number of carbonyl (C=O) groups excluding carboxylic acids is 3. The summed E-state index contributed by atoms with van der Waals surface area (Å²) in [5.74, 6) is 0.539. The summed E-state index contributed by atoms with van der Waals surface area (Å²) in [5.41, 5.74) is 14.4. The van der Waals surface area contributed by atoms with E-state index in [-0.39, 0.29) is 64.6 Å². The highest BCUT2D eigenvalue weighted by Gasteiger charge is 2.43. The standard InChI is InChI=1S/C27H28ClF3N4O.C26H31Cl2N5O.C25H29Cl2N5O/c1-17(22-8-7-21(28)15-23(22)27(29,30)31)35-25-14-19(5-6-20(25)16-33-35)18-9-12-34(13-10-18)26(36)24-4-2-3-11-32-24;1-17-16-31(11-12-32(17)25(34)26(29)9-3-4-10-26)21-7-5-19-15-30-33(24(19)14-21)18(2)22-8-6-20(27)13-23(22)28;1-16-15-30(10-11-31(16)25(33)23-4-3-9-28-23)20-7-5-18-14-29-32(24(18)13-20)17(2)21-8-6-19(26)12-22(21)27/h5-9,14-17,24,32H,2-4,10-13H2,1H3;5-8,13-15,17-18H,3-4,9-12,16,29H2,1-2H3;5-8,12-14,16-17,23,28H,3-4,9-11,15H2,1-2H3/t;17-,18?;16-,17?,23?/m.11/s1. The molecule has 8 heterocycles. The summed E-state index contributed by atoms with van der Waals surface area (Å²) in [6.07, 6.45) is 12.5. The van der Waals surface area contributed by atoms with Crippen molar-refractivity contribution in [1.82, 2.24) is 54.7 Å². The maximum Gasteiger partial charge on any atom is 0.416 e. The first-order valence-corrected chi connectivity index (χ1v) is 37.8. The van der Waals surface area contributed by atoms with Crippen molar-refractivity contribution in [2.75, 3.05) is 75.2 Å². The van der Waals surface area contributed by atoms with E-state index in [4.69, 9.17) is 63.7 Å². The molecule has 4 saturated heterocycles. The molecule has 3 amide bonds. The summed E-state index contributed by atoms with van der Waals surface area (Å²) in [7, 11) is 0. The van der Waals surface area contributed by atoms with Crippen molar-refractivity contribution < 1.29 is 27.6 Å². The van der Waals surface area contributed by atoms with Crippen LogP contribution in [0.15, 0.2) is 134 Å². The molecule has 0 radical (unpaired) electrons. The molecule has 3 aromatic heterocycles. The molecule has 0 bridgehead atoms. The Labute approximate surface area is 624 Å². The van der Waals surface area contributed by atoms with E-state index in [1.54, 1.807) is 29.9 Å². The highest BCUT2D eigenvalue weighted by molar-refractivity contribution is 6.35. The van der Waals surface area contributed by atoms with E-state index in [2.05, 4.69) is 106 Å². The van der Waals surface area contributed by atoms with Gasteiger partial charge in [0.2, 0.25) is 17.7 Å². The number of halogens is 8. The number of piperidine rings is 1. The van der Waals surface area contributed by atoms with Crippen LogP contribution in [0.5, 0.6) is 0 Å². The van der Waals surface area contributed by atoms with Gasteiger partial charge in [-0.3, -0.25) is 28.4 Å². The fourth-order valence-corrected chi connectivity index (χ4v) is 17.2. The number of piperazine rings is 2. The molecule has 9 aromatic rings. The molecule has 5 fully saturated rings. The van der Waals surface area contributed by atoms with Crippen LogP contribution in [0.4, 0.5) is 24.5 Å². The first kappa shape index (κ1) is 73.9. The minimum Gasteiger partial charge on any atom is -0.368 e. The molecular weight excluding hydrogens is 1420 g/mol. The van der Waals surface area contributed by atoms with Crippen molar-refractivity contribution in [1.29, 1.82) is 0 Å². The maximum absolute atomic E-state index is 13.7. The molecule has 6 aromatic carbocycles. The Bertz CT molecular complexity index is 4620. The van der Waals surface area contributed by atoms with E-state index >= 15 is 0 Å². The van der Waals surface area contributed by atoms with Crippen molar-refractivity contribution in [3.63, 3.8) is 0 Å². The number of hydrogen-bond acceptors (Lipinski definition) is 11. The van der Waals surface area contributed by atoms with E-state index in [0.29, 0.717) is 39.7 Å². The number of benzene rings is 6. The average molecular weight is 1500 g/mol. The van der Waals surface area contributed by atoms with Gasteiger partial charge >= 0.3 is 6.18 Å². The van der Waals surface area contributed by atoms with E-state index in [1.165, 1.54) is 12.1 Å². The first-order valence-electron chi connectivity index (χ1n) is 35.9. The third-order valence-electron chi connectivity index (χ3n) is 21.8. The molecule has 25 heteroatoms. The topological polar surface area (TPSA) is 171 Å². The zero-order valence-electron chi connectivity index (χ0n) is 58.6. The zero-order valence-corrected chi connectivity index (χ0v) is 62.4. The number of rotatable bonds is 12.